The average Bonchev–Trinajstić information content (AvgIpc) is 3.08. The van der Waals surface area contributed by atoms with E-state index < -0.39 is 0 Å². The minimum Gasteiger partial charge on any atom is -0.354 e. The fourth-order valence-electron chi connectivity index (χ4n) is 2.10. The third kappa shape index (κ3) is 3.79. The van der Waals surface area contributed by atoms with Gasteiger partial charge in [-0.25, -0.2) is 0 Å². The molecule has 1 atom stereocenters. The van der Waals surface area contributed by atoms with Crippen molar-refractivity contribution in [3.63, 3.8) is 0 Å². The van der Waals surface area contributed by atoms with E-state index in [9.17, 15) is 4.79 Å². The van der Waals surface area contributed by atoms with Gasteiger partial charge in [0.25, 0.3) is 0 Å². The highest BCUT2D eigenvalue weighted by Gasteiger charge is 2.16. The molecule has 21 heavy (non-hydrogen) atoms. The molecule has 2 heterocycles. The Hall–Kier alpha value is -1.47. The Labute approximate surface area is 133 Å². The molecule has 0 saturated carbocycles. The molecule has 0 unspecified atom stereocenters. The van der Waals surface area contributed by atoms with Crippen LogP contribution in [-0.2, 0) is 11.3 Å². The lowest BCUT2D eigenvalue weighted by atomic mass is 10.1. The number of nitrogens with one attached hydrogen (secondary N) is 2. The van der Waals surface area contributed by atoms with Crippen LogP contribution >= 0.6 is 23.6 Å². The van der Waals surface area contributed by atoms with E-state index in [1.165, 1.54) is 0 Å². The van der Waals surface area contributed by atoms with Crippen molar-refractivity contribution in [3.8, 4) is 0 Å². The molecule has 2 aromatic rings. The van der Waals surface area contributed by atoms with Crippen LogP contribution in [-0.4, -0.2) is 27.2 Å². The second-order valence-corrected chi connectivity index (χ2v) is 6.59. The zero-order valence-electron chi connectivity index (χ0n) is 12.4. The van der Waals surface area contributed by atoms with Crippen molar-refractivity contribution in [1.29, 1.82) is 0 Å². The lowest BCUT2D eigenvalue weighted by Crippen LogP contribution is -2.31. The minimum absolute atomic E-state index is 0.0403. The lowest BCUT2D eigenvalue weighted by molar-refractivity contribution is -0.122. The Bertz CT molecular complexity index is 642. The molecule has 0 aliphatic heterocycles. The van der Waals surface area contributed by atoms with Gasteiger partial charge in [0, 0.05) is 23.9 Å². The molecule has 2 N–H and O–H groups in total. The van der Waals surface area contributed by atoms with Gasteiger partial charge >= 0.3 is 0 Å². The van der Waals surface area contributed by atoms with Crippen LogP contribution < -0.4 is 5.32 Å². The number of thiophene rings is 1. The average molecular weight is 324 g/mol. The second kappa shape index (κ2) is 7.00. The Morgan fingerprint density at radius 2 is 2.29 bits per heavy atom. The number of aromatic nitrogens is 3. The normalized spacial score (nSPS) is 12.6. The fourth-order valence-corrected chi connectivity index (χ4v) is 3.11. The summed E-state index contributed by atoms with van der Waals surface area (Å²) in [5, 5.41) is 12.0. The first-order valence-corrected chi connectivity index (χ1v) is 8.25. The summed E-state index contributed by atoms with van der Waals surface area (Å²) in [7, 11) is 0. The van der Waals surface area contributed by atoms with Gasteiger partial charge in [-0.3, -0.25) is 9.89 Å². The largest absolute Gasteiger partial charge is 0.354 e. The summed E-state index contributed by atoms with van der Waals surface area (Å²) in [6, 6.07) is 3.95. The molecular weight excluding hydrogens is 304 g/mol. The molecule has 5 nitrogen and oxygen atoms in total. The molecule has 0 spiro atoms. The molecule has 2 aromatic heterocycles. The van der Waals surface area contributed by atoms with Crippen LogP contribution in [0.5, 0.6) is 0 Å². The van der Waals surface area contributed by atoms with Crippen molar-refractivity contribution in [2.24, 2.45) is 0 Å². The zero-order valence-corrected chi connectivity index (χ0v) is 14.1. The number of carbonyl (C=O) groups is 1. The standard InChI is InChI=1S/C14H20N4OS2/c1-9(2)12-16-17-14(20)18(12)7-6-15-13(19)10(3)11-5-4-8-21-11/h4-5,8-10H,6-7H2,1-3H3,(H,15,19)(H,17,20)/t10-/m0/s1. The third-order valence-corrected chi connectivity index (χ3v) is 4.67. The highest BCUT2D eigenvalue weighted by atomic mass is 32.1. The van der Waals surface area contributed by atoms with Crippen molar-refractivity contribution < 1.29 is 4.79 Å². The van der Waals surface area contributed by atoms with E-state index >= 15 is 0 Å². The number of nitrogens with zero attached hydrogens (tertiary/aromatic N) is 2. The smallest absolute Gasteiger partial charge is 0.228 e. The van der Waals surface area contributed by atoms with Gasteiger partial charge in [-0.05, 0) is 30.6 Å². The molecule has 2 rings (SSSR count). The van der Waals surface area contributed by atoms with E-state index in [-0.39, 0.29) is 11.8 Å². The molecule has 0 fully saturated rings. The van der Waals surface area contributed by atoms with Gasteiger partial charge in [-0.15, -0.1) is 11.3 Å². The summed E-state index contributed by atoms with van der Waals surface area (Å²) >= 11 is 6.82. The summed E-state index contributed by atoms with van der Waals surface area (Å²) < 4.78 is 2.54. The summed E-state index contributed by atoms with van der Waals surface area (Å²) in [6.45, 7) is 7.23. The highest BCUT2D eigenvalue weighted by Crippen LogP contribution is 2.20. The first-order valence-electron chi connectivity index (χ1n) is 6.97. The summed E-state index contributed by atoms with van der Waals surface area (Å²) in [4.78, 5) is 13.2. The summed E-state index contributed by atoms with van der Waals surface area (Å²) in [5.74, 6) is 1.13. The van der Waals surface area contributed by atoms with Gasteiger partial charge in [0.1, 0.15) is 5.82 Å². The first-order chi connectivity index (χ1) is 10.0. The number of aromatic amines is 1. The number of hydrogen-bond acceptors (Lipinski definition) is 4. The molecule has 0 bridgehead atoms. The zero-order chi connectivity index (χ0) is 15.4. The molecule has 0 saturated heterocycles. The molecular formula is C14H20N4OS2. The number of carbonyl (C=O) groups excluding carboxylic acids is 1. The maximum absolute atomic E-state index is 12.1. The lowest BCUT2D eigenvalue weighted by Gasteiger charge is -2.12. The Morgan fingerprint density at radius 1 is 1.52 bits per heavy atom. The number of rotatable bonds is 6. The first kappa shape index (κ1) is 15.9. The van der Waals surface area contributed by atoms with Crippen LogP contribution in [0.2, 0.25) is 0 Å². The van der Waals surface area contributed by atoms with Gasteiger partial charge in [0.2, 0.25) is 5.91 Å². The Balaban J connectivity index is 1.91. The predicted molar refractivity (Wildman–Crippen MR) is 87.2 cm³/mol. The van der Waals surface area contributed by atoms with Gasteiger partial charge in [-0.1, -0.05) is 19.9 Å². The predicted octanol–water partition coefficient (Wildman–Crippen LogP) is 3.05. The van der Waals surface area contributed by atoms with Crippen molar-refractivity contribution in [2.75, 3.05) is 6.54 Å². The Kier molecular flexibility index (Phi) is 5.30. The van der Waals surface area contributed by atoms with E-state index in [4.69, 9.17) is 12.2 Å². The molecule has 7 heteroatoms. The maximum atomic E-state index is 12.1. The monoisotopic (exact) mass is 324 g/mol. The van der Waals surface area contributed by atoms with Crippen molar-refractivity contribution >= 4 is 29.5 Å². The van der Waals surface area contributed by atoms with Crippen LogP contribution in [0, 0.1) is 4.77 Å². The fraction of sp³-hybridized carbons (Fsp3) is 0.500. The van der Waals surface area contributed by atoms with Crippen molar-refractivity contribution in [3.05, 3.63) is 33.0 Å². The van der Waals surface area contributed by atoms with Crippen LogP contribution in [0.15, 0.2) is 17.5 Å². The molecule has 0 aliphatic rings. The molecule has 0 aromatic carbocycles. The van der Waals surface area contributed by atoms with E-state index in [0.29, 0.717) is 23.8 Å². The number of H-pyrrole nitrogens is 1. The van der Waals surface area contributed by atoms with Crippen LogP contribution in [0.4, 0.5) is 0 Å². The van der Waals surface area contributed by atoms with E-state index in [2.05, 4.69) is 29.4 Å². The molecule has 0 aliphatic carbocycles. The van der Waals surface area contributed by atoms with E-state index in [0.717, 1.165) is 10.7 Å². The van der Waals surface area contributed by atoms with E-state index in [1.54, 1.807) is 11.3 Å². The topological polar surface area (TPSA) is 62.7 Å². The molecule has 1 amide bonds. The second-order valence-electron chi connectivity index (χ2n) is 5.22. The highest BCUT2D eigenvalue weighted by molar-refractivity contribution is 7.71. The SMILES string of the molecule is CC(C)c1n[nH]c(=S)n1CCNC(=O)[C@@H](C)c1cccs1. The van der Waals surface area contributed by atoms with Crippen LogP contribution in [0.1, 0.15) is 43.3 Å². The third-order valence-electron chi connectivity index (χ3n) is 3.30. The summed E-state index contributed by atoms with van der Waals surface area (Å²) in [6.07, 6.45) is 0. The van der Waals surface area contributed by atoms with Gasteiger partial charge in [0.05, 0.1) is 5.92 Å². The quantitative estimate of drug-likeness (QED) is 0.803. The summed E-state index contributed by atoms with van der Waals surface area (Å²) in [5.41, 5.74) is 0. The molecule has 114 valence electrons. The van der Waals surface area contributed by atoms with Crippen LogP contribution in [0.3, 0.4) is 0 Å². The molecule has 0 radical (unpaired) electrons. The van der Waals surface area contributed by atoms with Gasteiger partial charge < -0.3 is 9.88 Å². The van der Waals surface area contributed by atoms with E-state index in [1.807, 2.05) is 29.0 Å². The van der Waals surface area contributed by atoms with Crippen molar-refractivity contribution in [2.45, 2.75) is 39.2 Å². The number of amides is 1. The van der Waals surface area contributed by atoms with Gasteiger partial charge in [0.15, 0.2) is 4.77 Å². The number of hydrogen-bond donors (Lipinski definition) is 2. The maximum Gasteiger partial charge on any atom is 0.228 e. The Morgan fingerprint density at radius 3 is 2.90 bits per heavy atom. The van der Waals surface area contributed by atoms with Crippen LogP contribution in [0.25, 0.3) is 0 Å². The minimum atomic E-state index is -0.119. The van der Waals surface area contributed by atoms with Gasteiger partial charge in [-0.2, -0.15) is 5.10 Å². The van der Waals surface area contributed by atoms with Crippen molar-refractivity contribution in [1.82, 2.24) is 20.1 Å².